The Morgan fingerprint density at radius 2 is 1.90 bits per heavy atom. The van der Waals surface area contributed by atoms with Gasteiger partial charge >= 0.3 is 0 Å². The van der Waals surface area contributed by atoms with Crippen LogP contribution in [0.25, 0.3) is 0 Å². The lowest BCUT2D eigenvalue weighted by Crippen LogP contribution is -3.00. The van der Waals surface area contributed by atoms with Crippen LogP contribution < -0.4 is 22.7 Å². The first-order valence-electron chi connectivity index (χ1n) is 7.16. The van der Waals surface area contributed by atoms with Gasteiger partial charge in [-0.2, -0.15) is 4.57 Å². The van der Waals surface area contributed by atoms with E-state index >= 15 is 0 Å². The second-order valence-electron chi connectivity index (χ2n) is 5.23. The maximum absolute atomic E-state index is 11.1. The number of pyridine rings is 1. The van der Waals surface area contributed by atoms with Crippen LogP contribution in [-0.2, 0) is 11.5 Å². The van der Waals surface area contributed by atoms with E-state index in [1.807, 2.05) is 16.8 Å². The molecule has 1 saturated carbocycles. The molecule has 2 N–H and O–H groups in total. The molecule has 0 radical (unpaired) electrons. The molecule has 1 heterocycles. The Morgan fingerprint density at radius 1 is 1.25 bits per heavy atom. The summed E-state index contributed by atoms with van der Waals surface area (Å²) in [6, 6.07) is 3.54. The van der Waals surface area contributed by atoms with Gasteiger partial charge < -0.3 is 22.9 Å². The predicted molar refractivity (Wildman–Crippen MR) is 72.3 cm³/mol. The molecular formula is C15H23ClN2O2. The summed E-state index contributed by atoms with van der Waals surface area (Å²) < 4.78 is 7.82. The normalized spacial score (nSPS) is 16.8. The molecule has 1 aromatic heterocycles. The monoisotopic (exact) mass is 298 g/mol. The van der Waals surface area contributed by atoms with E-state index in [2.05, 4.69) is 0 Å². The summed E-state index contributed by atoms with van der Waals surface area (Å²) in [5.41, 5.74) is 5.78. The summed E-state index contributed by atoms with van der Waals surface area (Å²) in [6.07, 6.45) is 12.8. The van der Waals surface area contributed by atoms with Gasteiger partial charge in [-0.3, -0.25) is 4.79 Å². The van der Waals surface area contributed by atoms with Gasteiger partial charge in [0.25, 0.3) is 12.6 Å². The van der Waals surface area contributed by atoms with Gasteiger partial charge in [0, 0.05) is 6.07 Å². The molecule has 5 heteroatoms. The van der Waals surface area contributed by atoms with Gasteiger partial charge in [0.05, 0.1) is 6.10 Å². The lowest BCUT2D eigenvalue weighted by atomic mass is 9.99. The number of amides is 1. The minimum Gasteiger partial charge on any atom is -1.00 e. The SMILES string of the molecule is NC(=O)c1ccc[n+](COC2CCCCCCC2)c1.[Cl-]. The number of carbonyl (C=O) groups excluding carboxylic acids is 1. The highest BCUT2D eigenvalue weighted by atomic mass is 35.5. The van der Waals surface area contributed by atoms with Crippen molar-refractivity contribution < 1.29 is 26.5 Å². The predicted octanol–water partition coefficient (Wildman–Crippen LogP) is -0.836. The Morgan fingerprint density at radius 3 is 2.55 bits per heavy atom. The van der Waals surface area contributed by atoms with Gasteiger partial charge in [-0.1, -0.05) is 32.1 Å². The number of carbonyl (C=O) groups is 1. The molecule has 1 fully saturated rings. The van der Waals surface area contributed by atoms with Crippen molar-refractivity contribution in [3.05, 3.63) is 30.1 Å². The highest BCUT2D eigenvalue weighted by molar-refractivity contribution is 5.92. The first kappa shape index (κ1) is 16.9. The Balaban J connectivity index is 0.00000200. The Kier molecular flexibility index (Phi) is 7.55. The van der Waals surface area contributed by atoms with Crippen LogP contribution in [0.1, 0.15) is 55.3 Å². The molecular weight excluding hydrogens is 276 g/mol. The number of hydrogen-bond acceptors (Lipinski definition) is 2. The van der Waals surface area contributed by atoms with Crippen molar-refractivity contribution in [2.75, 3.05) is 0 Å². The molecule has 20 heavy (non-hydrogen) atoms. The quantitative estimate of drug-likeness (QED) is 0.737. The van der Waals surface area contributed by atoms with Crippen molar-refractivity contribution >= 4 is 5.91 Å². The molecule has 4 nitrogen and oxygen atoms in total. The molecule has 1 aromatic rings. The molecule has 0 spiro atoms. The molecule has 0 atom stereocenters. The van der Waals surface area contributed by atoms with Crippen molar-refractivity contribution in [1.82, 2.24) is 0 Å². The van der Waals surface area contributed by atoms with Crippen LogP contribution in [0.2, 0.25) is 0 Å². The molecule has 0 bridgehead atoms. The van der Waals surface area contributed by atoms with E-state index in [9.17, 15) is 4.79 Å². The maximum atomic E-state index is 11.1. The fourth-order valence-corrected chi connectivity index (χ4v) is 2.52. The lowest BCUT2D eigenvalue weighted by molar-refractivity contribution is -0.735. The molecule has 0 saturated heterocycles. The summed E-state index contributed by atoms with van der Waals surface area (Å²) in [7, 11) is 0. The fraction of sp³-hybridized carbons (Fsp3) is 0.600. The zero-order valence-corrected chi connectivity index (χ0v) is 12.5. The first-order chi connectivity index (χ1) is 9.25. The maximum Gasteiger partial charge on any atom is 0.254 e. The number of hydrogen-bond donors (Lipinski definition) is 1. The number of primary amides is 1. The topological polar surface area (TPSA) is 56.2 Å². The van der Waals surface area contributed by atoms with E-state index in [-0.39, 0.29) is 12.4 Å². The molecule has 1 aliphatic carbocycles. The Bertz CT molecular complexity index is 418. The number of rotatable bonds is 4. The molecule has 0 aliphatic heterocycles. The fourth-order valence-electron chi connectivity index (χ4n) is 2.52. The van der Waals surface area contributed by atoms with Crippen molar-refractivity contribution in [2.45, 2.75) is 57.8 Å². The van der Waals surface area contributed by atoms with Crippen LogP contribution in [0.4, 0.5) is 0 Å². The van der Waals surface area contributed by atoms with Crippen molar-refractivity contribution in [1.29, 1.82) is 0 Å². The van der Waals surface area contributed by atoms with Crippen LogP contribution in [0, 0.1) is 0 Å². The summed E-state index contributed by atoms with van der Waals surface area (Å²) in [5, 5.41) is 0. The van der Waals surface area contributed by atoms with E-state index in [1.54, 1.807) is 12.3 Å². The standard InChI is InChI=1S/C15H22N2O2.ClH/c16-15(18)13-7-6-10-17(11-13)12-19-14-8-4-2-1-3-5-9-14;/h6-7,10-11,14H,1-5,8-9,12H2,(H-,16,18);1H. The van der Waals surface area contributed by atoms with E-state index in [4.69, 9.17) is 10.5 Å². The summed E-state index contributed by atoms with van der Waals surface area (Å²) in [5.74, 6) is -0.402. The van der Waals surface area contributed by atoms with Crippen molar-refractivity contribution in [3.8, 4) is 0 Å². The van der Waals surface area contributed by atoms with E-state index in [0.29, 0.717) is 18.4 Å². The van der Waals surface area contributed by atoms with Gasteiger partial charge in [-0.15, -0.1) is 0 Å². The molecule has 2 rings (SSSR count). The number of nitrogens with two attached hydrogens (primary N) is 1. The third-order valence-corrected chi connectivity index (χ3v) is 3.65. The van der Waals surface area contributed by atoms with Crippen LogP contribution in [0.15, 0.2) is 24.5 Å². The zero-order valence-electron chi connectivity index (χ0n) is 11.8. The molecule has 0 aromatic carbocycles. The summed E-state index contributed by atoms with van der Waals surface area (Å²) in [6.45, 7) is 0.492. The van der Waals surface area contributed by atoms with Crippen LogP contribution in [-0.4, -0.2) is 12.0 Å². The Hall–Kier alpha value is -1.13. The highest BCUT2D eigenvalue weighted by Gasteiger charge is 2.14. The molecule has 1 amide bonds. The third kappa shape index (κ3) is 5.47. The summed E-state index contributed by atoms with van der Waals surface area (Å²) in [4.78, 5) is 11.1. The van der Waals surface area contributed by atoms with Gasteiger partial charge in [0.1, 0.15) is 5.56 Å². The smallest absolute Gasteiger partial charge is 0.254 e. The largest absolute Gasteiger partial charge is 1.00 e. The highest BCUT2D eigenvalue weighted by Crippen LogP contribution is 2.19. The second-order valence-corrected chi connectivity index (χ2v) is 5.23. The minimum absolute atomic E-state index is 0. The molecule has 0 unspecified atom stereocenters. The Labute approximate surface area is 126 Å². The van der Waals surface area contributed by atoms with Crippen LogP contribution in [0.5, 0.6) is 0 Å². The zero-order chi connectivity index (χ0) is 13.5. The minimum atomic E-state index is -0.402. The van der Waals surface area contributed by atoms with E-state index < -0.39 is 5.91 Å². The van der Waals surface area contributed by atoms with Gasteiger partial charge in [-0.05, 0) is 18.9 Å². The lowest BCUT2D eigenvalue weighted by Gasteiger charge is -2.18. The second kappa shape index (κ2) is 8.93. The third-order valence-electron chi connectivity index (χ3n) is 3.65. The van der Waals surface area contributed by atoms with Gasteiger partial charge in [0.2, 0.25) is 0 Å². The van der Waals surface area contributed by atoms with Crippen LogP contribution >= 0.6 is 0 Å². The van der Waals surface area contributed by atoms with E-state index in [1.165, 1.54) is 32.1 Å². The van der Waals surface area contributed by atoms with Gasteiger partial charge in [0.15, 0.2) is 12.4 Å². The average molecular weight is 299 g/mol. The van der Waals surface area contributed by atoms with Gasteiger partial charge in [-0.25, -0.2) is 0 Å². The first-order valence-corrected chi connectivity index (χ1v) is 7.16. The molecule has 1 aliphatic rings. The number of halogens is 1. The summed E-state index contributed by atoms with van der Waals surface area (Å²) >= 11 is 0. The molecule has 112 valence electrons. The van der Waals surface area contributed by atoms with Crippen molar-refractivity contribution in [3.63, 3.8) is 0 Å². The van der Waals surface area contributed by atoms with E-state index in [0.717, 1.165) is 12.8 Å². The van der Waals surface area contributed by atoms with Crippen LogP contribution in [0.3, 0.4) is 0 Å². The number of nitrogens with zero attached hydrogens (tertiary/aromatic N) is 1. The number of aromatic nitrogens is 1. The average Bonchev–Trinajstić information content (AvgIpc) is 2.38. The number of ether oxygens (including phenoxy) is 1. The van der Waals surface area contributed by atoms with Crippen molar-refractivity contribution in [2.24, 2.45) is 5.73 Å².